The molecule has 1 aromatic carbocycles. The minimum absolute atomic E-state index is 0.00413. The van der Waals surface area contributed by atoms with Gasteiger partial charge in [-0.1, -0.05) is 20.3 Å². The highest BCUT2D eigenvalue weighted by molar-refractivity contribution is 8.13. The standard InChI is InChI=1S/C15H22ClNO3S/c1-6-10(2)9-17(5)15(18)13-7-11(3)12(4)14(8-13)21(16,19)20/h7-8,10H,6,9H2,1-5H3. The van der Waals surface area contributed by atoms with Gasteiger partial charge < -0.3 is 4.90 Å². The topological polar surface area (TPSA) is 54.5 Å². The molecule has 1 rings (SSSR count). The van der Waals surface area contributed by atoms with Crippen molar-refractivity contribution in [3.8, 4) is 0 Å². The van der Waals surface area contributed by atoms with E-state index in [9.17, 15) is 13.2 Å². The molecule has 0 N–H and O–H groups in total. The Morgan fingerprint density at radius 3 is 2.38 bits per heavy atom. The van der Waals surface area contributed by atoms with Crippen LogP contribution >= 0.6 is 10.7 Å². The number of halogens is 1. The van der Waals surface area contributed by atoms with Crippen LogP contribution in [-0.4, -0.2) is 32.8 Å². The van der Waals surface area contributed by atoms with Crippen LogP contribution in [0.1, 0.15) is 41.8 Å². The van der Waals surface area contributed by atoms with Crippen LogP contribution in [0.25, 0.3) is 0 Å². The van der Waals surface area contributed by atoms with Gasteiger partial charge in [0, 0.05) is 29.8 Å². The van der Waals surface area contributed by atoms with E-state index in [-0.39, 0.29) is 10.8 Å². The first-order valence-corrected chi connectivity index (χ1v) is 9.20. The third-order valence-corrected chi connectivity index (χ3v) is 5.21. The third kappa shape index (κ3) is 4.45. The highest BCUT2D eigenvalue weighted by Crippen LogP contribution is 2.25. The highest BCUT2D eigenvalue weighted by atomic mass is 35.7. The lowest BCUT2D eigenvalue weighted by Crippen LogP contribution is -2.31. The maximum atomic E-state index is 12.4. The maximum absolute atomic E-state index is 12.4. The number of carbonyl (C=O) groups excluding carboxylic acids is 1. The van der Waals surface area contributed by atoms with E-state index in [1.54, 1.807) is 31.9 Å². The van der Waals surface area contributed by atoms with Crippen LogP contribution in [0.4, 0.5) is 0 Å². The van der Waals surface area contributed by atoms with Crippen molar-refractivity contribution in [1.29, 1.82) is 0 Å². The molecule has 0 aliphatic heterocycles. The Kier molecular flexibility index (Phi) is 5.82. The van der Waals surface area contributed by atoms with E-state index in [1.165, 1.54) is 6.07 Å². The summed E-state index contributed by atoms with van der Waals surface area (Å²) in [6, 6.07) is 3.07. The summed E-state index contributed by atoms with van der Waals surface area (Å²) in [5.74, 6) is 0.196. The minimum Gasteiger partial charge on any atom is -0.341 e. The highest BCUT2D eigenvalue weighted by Gasteiger charge is 2.20. The Morgan fingerprint density at radius 1 is 1.33 bits per heavy atom. The Balaban J connectivity index is 3.20. The fourth-order valence-electron chi connectivity index (χ4n) is 2.10. The lowest BCUT2D eigenvalue weighted by atomic mass is 10.0. The van der Waals surface area contributed by atoms with Crippen molar-refractivity contribution in [2.75, 3.05) is 13.6 Å². The van der Waals surface area contributed by atoms with Gasteiger partial charge in [0.2, 0.25) is 0 Å². The van der Waals surface area contributed by atoms with Gasteiger partial charge in [-0.05, 0) is 43.0 Å². The SMILES string of the molecule is CCC(C)CN(C)C(=O)c1cc(C)c(C)c(S(=O)(=O)Cl)c1. The van der Waals surface area contributed by atoms with Gasteiger partial charge in [-0.3, -0.25) is 4.79 Å². The van der Waals surface area contributed by atoms with Crippen LogP contribution in [0.3, 0.4) is 0 Å². The molecule has 0 saturated heterocycles. The molecule has 1 atom stereocenters. The molecule has 6 heteroatoms. The molecule has 0 aliphatic carbocycles. The molecule has 21 heavy (non-hydrogen) atoms. The average molecular weight is 332 g/mol. The van der Waals surface area contributed by atoms with Crippen LogP contribution < -0.4 is 0 Å². The number of aryl methyl sites for hydroxylation is 1. The molecule has 0 heterocycles. The molecule has 118 valence electrons. The van der Waals surface area contributed by atoms with Crippen LogP contribution in [0.5, 0.6) is 0 Å². The van der Waals surface area contributed by atoms with Crippen LogP contribution in [0, 0.1) is 19.8 Å². The van der Waals surface area contributed by atoms with E-state index in [4.69, 9.17) is 10.7 Å². The predicted molar refractivity (Wildman–Crippen MR) is 85.4 cm³/mol. The number of carbonyl (C=O) groups is 1. The van der Waals surface area contributed by atoms with E-state index < -0.39 is 9.05 Å². The smallest absolute Gasteiger partial charge is 0.261 e. The molecule has 1 unspecified atom stereocenters. The molecule has 0 aliphatic rings. The number of nitrogens with zero attached hydrogens (tertiary/aromatic N) is 1. The molecule has 1 amide bonds. The molecule has 0 radical (unpaired) electrons. The number of rotatable bonds is 5. The Labute approximate surface area is 131 Å². The van der Waals surface area contributed by atoms with Crippen LogP contribution in [0.2, 0.25) is 0 Å². The molecule has 0 aromatic heterocycles. The van der Waals surface area contributed by atoms with Crippen LogP contribution in [-0.2, 0) is 9.05 Å². The van der Waals surface area contributed by atoms with Gasteiger partial charge in [-0.25, -0.2) is 8.42 Å². The second-order valence-corrected chi connectivity index (χ2v) is 8.09. The monoisotopic (exact) mass is 331 g/mol. The summed E-state index contributed by atoms with van der Waals surface area (Å²) in [5, 5.41) is 0. The van der Waals surface area contributed by atoms with Crippen LogP contribution in [0.15, 0.2) is 17.0 Å². The predicted octanol–water partition coefficient (Wildman–Crippen LogP) is 3.35. The molecule has 0 bridgehead atoms. The number of benzene rings is 1. The minimum atomic E-state index is -3.86. The Bertz CT molecular complexity index is 641. The molecule has 1 aromatic rings. The summed E-state index contributed by atoms with van der Waals surface area (Å²) >= 11 is 0. The van der Waals surface area contributed by atoms with Crippen molar-refractivity contribution >= 4 is 25.6 Å². The lowest BCUT2D eigenvalue weighted by Gasteiger charge is -2.21. The molecule has 0 saturated carbocycles. The lowest BCUT2D eigenvalue weighted by molar-refractivity contribution is 0.0774. The van der Waals surface area contributed by atoms with Crippen molar-refractivity contribution in [3.05, 3.63) is 28.8 Å². The zero-order valence-corrected chi connectivity index (χ0v) is 14.7. The van der Waals surface area contributed by atoms with Gasteiger partial charge in [0.15, 0.2) is 0 Å². The molecule has 4 nitrogen and oxygen atoms in total. The van der Waals surface area contributed by atoms with Crippen molar-refractivity contribution < 1.29 is 13.2 Å². The van der Waals surface area contributed by atoms with Crippen molar-refractivity contribution in [2.24, 2.45) is 5.92 Å². The number of amides is 1. The maximum Gasteiger partial charge on any atom is 0.261 e. The number of hydrogen-bond acceptors (Lipinski definition) is 3. The van der Waals surface area contributed by atoms with Gasteiger partial charge >= 0.3 is 0 Å². The summed E-state index contributed by atoms with van der Waals surface area (Å²) in [4.78, 5) is 14.0. The largest absolute Gasteiger partial charge is 0.341 e. The first-order chi connectivity index (χ1) is 9.57. The normalized spacial score (nSPS) is 13.0. The van der Waals surface area contributed by atoms with Crippen molar-refractivity contribution in [1.82, 2.24) is 4.90 Å². The Hall–Kier alpha value is -1.07. The number of hydrogen-bond donors (Lipinski definition) is 0. The van der Waals surface area contributed by atoms with E-state index in [0.717, 1.165) is 12.0 Å². The molecular formula is C15H22ClNO3S. The second-order valence-electron chi connectivity index (χ2n) is 5.55. The van der Waals surface area contributed by atoms with Crippen molar-refractivity contribution in [2.45, 2.75) is 39.0 Å². The molecule has 0 spiro atoms. The third-order valence-electron chi connectivity index (χ3n) is 3.76. The fourth-order valence-corrected chi connectivity index (χ4v) is 3.38. The molecular weight excluding hydrogens is 310 g/mol. The van der Waals surface area contributed by atoms with Gasteiger partial charge in [-0.15, -0.1) is 0 Å². The summed E-state index contributed by atoms with van der Waals surface area (Å²) in [6.07, 6.45) is 0.978. The Morgan fingerprint density at radius 2 is 1.90 bits per heavy atom. The van der Waals surface area contributed by atoms with Crippen molar-refractivity contribution in [3.63, 3.8) is 0 Å². The summed E-state index contributed by atoms with van der Waals surface area (Å²) < 4.78 is 23.2. The van der Waals surface area contributed by atoms with Gasteiger partial charge in [0.1, 0.15) is 0 Å². The van der Waals surface area contributed by atoms with E-state index >= 15 is 0 Å². The fraction of sp³-hybridized carbons (Fsp3) is 0.533. The first kappa shape index (κ1) is 18.0. The first-order valence-electron chi connectivity index (χ1n) is 6.89. The zero-order valence-electron chi connectivity index (χ0n) is 13.1. The van der Waals surface area contributed by atoms with Gasteiger partial charge in [0.25, 0.3) is 15.0 Å². The average Bonchev–Trinajstić information content (AvgIpc) is 2.39. The second kappa shape index (κ2) is 6.79. The summed E-state index contributed by atoms with van der Waals surface area (Å²) in [5.41, 5.74) is 1.66. The van der Waals surface area contributed by atoms with Gasteiger partial charge in [0.05, 0.1) is 4.90 Å². The van der Waals surface area contributed by atoms with E-state index in [1.807, 2.05) is 0 Å². The van der Waals surface area contributed by atoms with E-state index in [2.05, 4.69) is 13.8 Å². The summed E-state index contributed by atoms with van der Waals surface area (Å²) in [7, 11) is 3.30. The van der Waals surface area contributed by atoms with E-state index in [0.29, 0.717) is 23.6 Å². The quantitative estimate of drug-likeness (QED) is 0.777. The summed E-state index contributed by atoms with van der Waals surface area (Å²) in [6.45, 7) is 8.22. The zero-order chi connectivity index (χ0) is 16.4. The van der Waals surface area contributed by atoms with Gasteiger partial charge in [-0.2, -0.15) is 0 Å². The molecule has 0 fully saturated rings.